The molecule has 2 aromatic heterocycles. The Bertz CT molecular complexity index is 791. The van der Waals surface area contributed by atoms with E-state index in [2.05, 4.69) is 31.1 Å². The number of aliphatic hydroxyl groups is 1. The normalized spacial score (nSPS) is 13.2. The van der Waals surface area contributed by atoms with E-state index in [-0.39, 0.29) is 5.92 Å². The van der Waals surface area contributed by atoms with Crippen molar-refractivity contribution in [1.82, 2.24) is 9.78 Å². The molecule has 0 saturated carbocycles. The van der Waals surface area contributed by atoms with E-state index in [1.54, 1.807) is 23.1 Å². The molecule has 2 heterocycles. The molecule has 0 aliphatic carbocycles. The van der Waals surface area contributed by atoms with Crippen molar-refractivity contribution in [2.24, 2.45) is 7.05 Å². The van der Waals surface area contributed by atoms with Crippen LogP contribution in [-0.4, -0.2) is 14.9 Å². The van der Waals surface area contributed by atoms with Gasteiger partial charge in [0, 0.05) is 22.9 Å². The van der Waals surface area contributed by atoms with Crippen molar-refractivity contribution >= 4 is 33.0 Å². The Hall–Kier alpha value is -1.36. The monoisotopic (exact) mass is 320 g/mol. The summed E-state index contributed by atoms with van der Waals surface area (Å²) >= 11 is 8.01. The molecule has 0 aliphatic heterocycles. The lowest BCUT2D eigenvalue weighted by Gasteiger charge is -2.14. The summed E-state index contributed by atoms with van der Waals surface area (Å²) in [7, 11) is 1.80. The second-order valence-corrected chi connectivity index (χ2v) is 6.73. The van der Waals surface area contributed by atoms with E-state index in [0.29, 0.717) is 5.15 Å². The Morgan fingerprint density at radius 1 is 1.29 bits per heavy atom. The molecule has 0 amide bonds. The zero-order chi connectivity index (χ0) is 15.1. The van der Waals surface area contributed by atoms with E-state index in [4.69, 9.17) is 11.6 Å². The Balaban J connectivity index is 2.19. The van der Waals surface area contributed by atoms with Crippen molar-refractivity contribution in [3.63, 3.8) is 0 Å². The maximum atomic E-state index is 10.9. The van der Waals surface area contributed by atoms with Crippen LogP contribution in [0.1, 0.15) is 42.7 Å². The first-order valence-electron chi connectivity index (χ1n) is 6.87. The molecular formula is C16H17ClN2OS. The lowest BCUT2D eigenvalue weighted by atomic mass is 9.97. The predicted octanol–water partition coefficient (Wildman–Crippen LogP) is 4.49. The minimum Gasteiger partial charge on any atom is -0.383 e. The van der Waals surface area contributed by atoms with Gasteiger partial charge in [-0.1, -0.05) is 43.6 Å². The quantitative estimate of drug-likeness (QED) is 0.772. The molecular weight excluding hydrogens is 304 g/mol. The molecule has 5 heteroatoms. The first-order valence-corrected chi connectivity index (χ1v) is 8.13. The first-order chi connectivity index (χ1) is 10.0. The highest BCUT2D eigenvalue weighted by Crippen LogP contribution is 2.38. The highest BCUT2D eigenvalue weighted by atomic mass is 35.5. The summed E-state index contributed by atoms with van der Waals surface area (Å²) in [6.07, 6.45) is -0.758. The summed E-state index contributed by atoms with van der Waals surface area (Å²) < 4.78 is 2.73. The van der Waals surface area contributed by atoms with E-state index in [1.807, 2.05) is 17.5 Å². The van der Waals surface area contributed by atoms with Gasteiger partial charge in [-0.05, 0) is 22.8 Å². The fraction of sp³-hybridized carbons (Fsp3) is 0.312. The molecule has 21 heavy (non-hydrogen) atoms. The molecule has 3 nitrogen and oxygen atoms in total. The van der Waals surface area contributed by atoms with Gasteiger partial charge in [-0.3, -0.25) is 4.68 Å². The molecule has 110 valence electrons. The third-order valence-corrected chi connectivity index (χ3v) is 5.09. The van der Waals surface area contributed by atoms with Crippen molar-refractivity contribution in [3.05, 3.63) is 51.6 Å². The van der Waals surface area contributed by atoms with Crippen LogP contribution in [0.4, 0.5) is 0 Å². The second-order valence-electron chi connectivity index (χ2n) is 5.46. The van der Waals surface area contributed by atoms with Crippen LogP contribution in [-0.2, 0) is 7.05 Å². The molecule has 1 unspecified atom stereocenters. The van der Waals surface area contributed by atoms with Gasteiger partial charge in [0.1, 0.15) is 11.3 Å². The van der Waals surface area contributed by atoms with E-state index < -0.39 is 6.10 Å². The summed E-state index contributed by atoms with van der Waals surface area (Å²) in [6, 6.07) is 8.03. The van der Waals surface area contributed by atoms with Crippen molar-refractivity contribution in [3.8, 4) is 0 Å². The topological polar surface area (TPSA) is 38.0 Å². The van der Waals surface area contributed by atoms with Crippen LogP contribution in [0, 0.1) is 0 Å². The predicted molar refractivity (Wildman–Crippen MR) is 88.2 cm³/mol. The standard InChI is InChI=1S/C16H17ClN2OS/c1-9(2)13-12(16(17)19(3)18-13)14(20)11-6-4-5-10-7-8-21-15(10)11/h4-9,14,20H,1-3H3. The van der Waals surface area contributed by atoms with Gasteiger partial charge in [-0.15, -0.1) is 11.3 Å². The number of rotatable bonds is 3. The van der Waals surface area contributed by atoms with Gasteiger partial charge < -0.3 is 5.11 Å². The van der Waals surface area contributed by atoms with Crippen molar-refractivity contribution in [1.29, 1.82) is 0 Å². The van der Waals surface area contributed by atoms with E-state index in [9.17, 15) is 5.11 Å². The number of thiophene rings is 1. The summed E-state index contributed by atoms with van der Waals surface area (Å²) in [5.74, 6) is 0.205. The maximum absolute atomic E-state index is 10.9. The SMILES string of the molecule is CC(C)c1nn(C)c(Cl)c1C(O)c1cccc2ccsc12. The Morgan fingerprint density at radius 3 is 2.76 bits per heavy atom. The highest BCUT2D eigenvalue weighted by molar-refractivity contribution is 7.17. The maximum Gasteiger partial charge on any atom is 0.133 e. The number of aromatic nitrogens is 2. The van der Waals surface area contributed by atoms with Crippen LogP contribution in [0.3, 0.4) is 0 Å². The Morgan fingerprint density at radius 2 is 2.05 bits per heavy atom. The molecule has 1 N–H and O–H groups in total. The largest absolute Gasteiger partial charge is 0.383 e. The zero-order valence-electron chi connectivity index (χ0n) is 12.2. The van der Waals surface area contributed by atoms with Crippen LogP contribution >= 0.6 is 22.9 Å². The second kappa shape index (κ2) is 5.44. The number of hydrogen-bond acceptors (Lipinski definition) is 3. The minimum absolute atomic E-state index is 0.205. The number of benzene rings is 1. The van der Waals surface area contributed by atoms with Gasteiger partial charge in [0.05, 0.1) is 5.69 Å². The molecule has 0 bridgehead atoms. The average Bonchev–Trinajstić information content (AvgIpc) is 3.03. The molecule has 0 fully saturated rings. The third kappa shape index (κ3) is 2.37. The fourth-order valence-electron chi connectivity index (χ4n) is 2.61. The Labute approximate surface area is 132 Å². The van der Waals surface area contributed by atoms with Gasteiger partial charge in [0.15, 0.2) is 0 Å². The average molecular weight is 321 g/mol. The summed E-state index contributed by atoms with van der Waals surface area (Å²) in [6.45, 7) is 4.11. The number of halogens is 1. The number of aryl methyl sites for hydroxylation is 1. The van der Waals surface area contributed by atoms with Crippen LogP contribution in [0.2, 0.25) is 5.15 Å². The molecule has 0 saturated heterocycles. The number of nitrogens with zero attached hydrogens (tertiary/aromatic N) is 2. The van der Waals surface area contributed by atoms with Crippen molar-refractivity contribution < 1.29 is 5.11 Å². The van der Waals surface area contributed by atoms with Gasteiger partial charge >= 0.3 is 0 Å². The molecule has 0 spiro atoms. The van der Waals surface area contributed by atoms with Crippen LogP contribution < -0.4 is 0 Å². The lowest BCUT2D eigenvalue weighted by molar-refractivity contribution is 0.220. The van der Waals surface area contributed by atoms with Gasteiger partial charge in [-0.2, -0.15) is 5.10 Å². The molecule has 0 aliphatic rings. The molecule has 3 aromatic rings. The fourth-order valence-corrected chi connectivity index (χ4v) is 3.78. The zero-order valence-corrected chi connectivity index (χ0v) is 13.7. The van der Waals surface area contributed by atoms with Crippen LogP contribution in [0.5, 0.6) is 0 Å². The molecule has 1 atom stereocenters. The third-order valence-electron chi connectivity index (χ3n) is 3.66. The number of hydrogen-bond donors (Lipinski definition) is 1. The smallest absolute Gasteiger partial charge is 0.133 e. The van der Waals surface area contributed by atoms with Crippen molar-refractivity contribution in [2.45, 2.75) is 25.9 Å². The van der Waals surface area contributed by atoms with Gasteiger partial charge in [0.2, 0.25) is 0 Å². The van der Waals surface area contributed by atoms with Crippen LogP contribution in [0.15, 0.2) is 29.6 Å². The summed E-state index contributed by atoms with van der Waals surface area (Å²) in [4.78, 5) is 0. The number of aliphatic hydroxyl groups excluding tert-OH is 1. The lowest BCUT2D eigenvalue weighted by Crippen LogP contribution is -2.04. The first kappa shape index (κ1) is 14.6. The van der Waals surface area contributed by atoms with Gasteiger partial charge in [0.25, 0.3) is 0 Å². The highest BCUT2D eigenvalue weighted by Gasteiger charge is 2.26. The van der Waals surface area contributed by atoms with E-state index >= 15 is 0 Å². The van der Waals surface area contributed by atoms with Gasteiger partial charge in [-0.25, -0.2) is 0 Å². The minimum atomic E-state index is -0.758. The van der Waals surface area contributed by atoms with E-state index in [0.717, 1.165) is 26.9 Å². The molecule has 0 radical (unpaired) electrons. The number of fused-ring (bicyclic) bond motifs is 1. The van der Waals surface area contributed by atoms with E-state index in [1.165, 1.54) is 0 Å². The van der Waals surface area contributed by atoms with Crippen molar-refractivity contribution in [2.75, 3.05) is 0 Å². The Kier molecular flexibility index (Phi) is 3.78. The van der Waals surface area contributed by atoms with Crippen LogP contribution in [0.25, 0.3) is 10.1 Å². The molecule has 1 aromatic carbocycles. The summed E-state index contributed by atoms with van der Waals surface area (Å²) in [5.41, 5.74) is 2.46. The summed E-state index contributed by atoms with van der Waals surface area (Å²) in [5, 5.41) is 19.0. The molecule has 3 rings (SSSR count).